The molecule has 0 aliphatic carbocycles. The minimum Gasteiger partial charge on any atom is -0.355 e. The Balaban J connectivity index is 3.83. The second kappa shape index (κ2) is 16.1. The molecule has 0 saturated carbocycles. The molecule has 1 rings (SSSR count). The molecule has 1 aromatic heterocycles. The highest BCUT2D eigenvalue weighted by molar-refractivity contribution is 5.75. The Labute approximate surface area is 194 Å². The average molecular weight is 435 g/mol. The number of aromatic amines is 1. The predicted molar refractivity (Wildman–Crippen MR) is 138 cm³/mol. The minimum absolute atomic E-state index is 0.266. The summed E-state index contributed by atoms with van der Waals surface area (Å²) in [6, 6.07) is 2.28. The molecule has 174 valence electrons. The van der Waals surface area contributed by atoms with E-state index in [-0.39, 0.29) is 5.78 Å². The number of nitrogens with one attached hydrogen (secondary N) is 1. The molecule has 0 radical (unpaired) electrons. The fourth-order valence-corrected chi connectivity index (χ4v) is 4.20. The molecule has 1 N–H and O–H groups in total. The predicted octanol–water partition coefficient (Wildman–Crippen LogP) is 5.08. The van der Waals surface area contributed by atoms with Crippen LogP contribution in [0.2, 0.25) is 0 Å². The van der Waals surface area contributed by atoms with Crippen molar-refractivity contribution < 1.29 is 4.79 Å². The molecule has 3 nitrogen and oxygen atoms in total. The van der Waals surface area contributed by atoms with Crippen LogP contribution in [0.1, 0.15) is 97.8 Å². The van der Waals surface area contributed by atoms with Gasteiger partial charge in [0.2, 0.25) is 0 Å². The van der Waals surface area contributed by atoms with E-state index in [2.05, 4.69) is 50.2 Å². The van der Waals surface area contributed by atoms with E-state index >= 15 is 0 Å². The number of rotatable bonds is 15. The van der Waals surface area contributed by atoms with Crippen molar-refractivity contribution in [3.8, 4) is 6.07 Å². The summed E-state index contributed by atoms with van der Waals surface area (Å²) in [5, 5.41) is 13.8. The van der Waals surface area contributed by atoms with E-state index in [9.17, 15) is 4.79 Å². The topological polar surface area (TPSA) is 56.6 Å². The number of nitrogens with zero attached hydrogens (tertiary/aromatic N) is 1. The summed E-state index contributed by atoms with van der Waals surface area (Å²) < 4.78 is 0. The number of ketones is 1. The molecule has 3 heteroatoms. The van der Waals surface area contributed by atoms with Crippen molar-refractivity contribution >= 4 is 29.1 Å². The van der Waals surface area contributed by atoms with Crippen LogP contribution in [0, 0.1) is 11.3 Å². The molecule has 0 aliphatic rings. The van der Waals surface area contributed by atoms with Gasteiger partial charge in [0.25, 0.3) is 0 Å². The number of allylic oxidation sites excluding steroid dienone is 2. The fraction of sp³-hybridized carbons (Fsp3) is 0.517. The van der Waals surface area contributed by atoms with Gasteiger partial charge in [-0.25, -0.2) is 0 Å². The van der Waals surface area contributed by atoms with Gasteiger partial charge in [-0.2, -0.15) is 5.26 Å². The summed E-state index contributed by atoms with van der Waals surface area (Å²) >= 11 is 0. The van der Waals surface area contributed by atoms with Gasteiger partial charge in [0.15, 0.2) is 0 Å². The van der Waals surface area contributed by atoms with Crippen molar-refractivity contribution in [2.75, 3.05) is 0 Å². The molecule has 0 unspecified atom stereocenters. The molecule has 0 spiro atoms. The van der Waals surface area contributed by atoms with Crippen molar-refractivity contribution in [3.63, 3.8) is 0 Å². The zero-order valence-corrected chi connectivity index (χ0v) is 20.6. The fourth-order valence-electron chi connectivity index (χ4n) is 4.20. The van der Waals surface area contributed by atoms with Crippen LogP contribution in [-0.4, -0.2) is 10.8 Å². The van der Waals surface area contributed by atoms with Gasteiger partial charge >= 0.3 is 0 Å². The standard InChI is InChI=1S/C29H42N2O/c1-6-10-19-25(20-12-11-18-23(5)32)29-27(17-9-4)26(16-8-3)28(31-29)24(15-7-2)21-13-14-22-30/h8-9,16-17,31H,3-4,6-7,10-15,18-21H2,1-2,5H3/b26-16+,27-17+,28-24+,29-25-. The third kappa shape index (κ3) is 8.87. The van der Waals surface area contributed by atoms with Crippen LogP contribution in [0.3, 0.4) is 0 Å². The van der Waals surface area contributed by atoms with E-state index in [4.69, 9.17) is 5.26 Å². The zero-order valence-electron chi connectivity index (χ0n) is 20.6. The van der Waals surface area contributed by atoms with Gasteiger partial charge in [-0.15, -0.1) is 0 Å². The second-order valence-corrected chi connectivity index (χ2v) is 8.49. The Morgan fingerprint density at radius 2 is 1.38 bits per heavy atom. The van der Waals surface area contributed by atoms with Crippen LogP contribution in [0.4, 0.5) is 0 Å². The first-order chi connectivity index (χ1) is 15.5. The van der Waals surface area contributed by atoms with Gasteiger partial charge in [0, 0.05) is 34.0 Å². The zero-order chi connectivity index (χ0) is 23.8. The van der Waals surface area contributed by atoms with Gasteiger partial charge in [-0.3, -0.25) is 0 Å². The number of Topliss-reactive ketones (excluding diaryl/α,β-unsaturated/α-hetero) is 1. The molecule has 32 heavy (non-hydrogen) atoms. The highest BCUT2D eigenvalue weighted by atomic mass is 16.1. The van der Waals surface area contributed by atoms with Crippen LogP contribution in [-0.2, 0) is 4.79 Å². The Bertz CT molecular complexity index is 1030. The number of H-pyrrole nitrogens is 1. The lowest BCUT2D eigenvalue weighted by Crippen LogP contribution is -2.38. The summed E-state index contributed by atoms with van der Waals surface area (Å²) in [7, 11) is 0. The van der Waals surface area contributed by atoms with Crippen molar-refractivity contribution in [1.82, 2.24) is 4.98 Å². The van der Waals surface area contributed by atoms with Crippen molar-refractivity contribution in [3.05, 3.63) is 46.4 Å². The molecule has 0 bridgehead atoms. The molecule has 0 aliphatic heterocycles. The molecule has 0 amide bonds. The lowest BCUT2D eigenvalue weighted by molar-refractivity contribution is -0.117. The van der Waals surface area contributed by atoms with Crippen molar-refractivity contribution in [2.24, 2.45) is 0 Å². The normalized spacial score (nSPS) is 14.2. The molecular weight excluding hydrogens is 392 g/mol. The van der Waals surface area contributed by atoms with Crippen LogP contribution >= 0.6 is 0 Å². The quantitative estimate of drug-likeness (QED) is 0.391. The van der Waals surface area contributed by atoms with Crippen LogP contribution in [0.25, 0.3) is 23.3 Å². The van der Waals surface area contributed by atoms with Crippen LogP contribution in [0.5, 0.6) is 0 Å². The first kappa shape index (κ1) is 27.4. The summed E-state index contributed by atoms with van der Waals surface area (Å²) in [5.41, 5.74) is 2.81. The summed E-state index contributed by atoms with van der Waals surface area (Å²) in [5.74, 6) is 0.266. The summed E-state index contributed by atoms with van der Waals surface area (Å²) in [4.78, 5) is 15.2. The van der Waals surface area contributed by atoms with Gasteiger partial charge in [-0.05, 0) is 69.4 Å². The number of carbonyl (C=O) groups excluding carboxylic acids is 1. The molecule has 1 aromatic rings. The number of hydrogen-bond acceptors (Lipinski definition) is 2. The van der Waals surface area contributed by atoms with E-state index in [0.717, 1.165) is 64.2 Å². The van der Waals surface area contributed by atoms with E-state index in [0.29, 0.717) is 12.8 Å². The van der Waals surface area contributed by atoms with E-state index in [1.807, 2.05) is 12.2 Å². The average Bonchev–Trinajstić information content (AvgIpc) is 3.11. The third-order valence-electron chi connectivity index (χ3n) is 5.76. The summed E-state index contributed by atoms with van der Waals surface area (Å²) in [6.07, 6.45) is 19.4. The Hall–Kier alpha value is -2.60. The second-order valence-electron chi connectivity index (χ2n) is 8.49. The van der Waals surface area contributed by atoms with Crippen LogP contribution < -0.4 is 21.1 Å². The van der Waals surface area contributed by atoms with E-state index in [1.54, 1.807) is 6.92 Å². The molecule has 0 saturated heterocycles. The Morgan fingerprint density at radius 1 is 0.844 bits per heavy atom. The number of hydrogen-bond donors (Lipinski definition) is 1. The molecule has 0 fully saturated rings. The number of carbonyl (C=O) groups is 1. The van der Waals surface area contributed by atoms with Gasteiger partial charge in [-0.1, -0.05) is 64.2 Å². The molecule has 1 heterocycles. The smallest absolute Gasteiger partial charge is 0.129 e. The maximum absolute atomic E-state index is 11.4. The molecular formula is C29H42N2O. The van der Waals surface area contributed by atoms with Crippen molar-refractivity contribution in [2.45, 2.75) is 97.8 Å². The van der Waals surface area contributed by atoms with Crippen LogP contribution in [0.15, 0.2) is 25.3 Å². The maximum Gasteiger partial charge on any atom is 0.129 e. The number of nitriles is 1. The first-order valence-electron chi connectivity index (χ1n) is 12.3. The largest absolute Gasteiger partial charge is 0.355 e. The highest BCUT2D eigenvalue weighted by Crippen LogP contribution is 2.15. The number of unbranched alkanes of at least 4 members (excludes halogenated alkanes) is 3. The number of aromatic nitrogens is 1. The lowest BCUT2D eigenvalue weighted by atomic mass is 10.00. The summed E-state index contributed by atoms with van der Waals surface area (Å²) in [6.45, 7) is 14.0. The lowest BCUT2D eigenvalue weighted by Gasteiger charge is -2.06. The Morgan fingerprint density at radius 3 is 1.88 bits per heavy atom. The third-order valence-corrected chi connectivity index (χ3v) is 5.76. The van der Waals surface area contributed by atoms with Gasteiger partial charge in [0.05, 0.1) is 6.07 Å². The van der Waals surface area contributed by atoms with E-state index in [1.165, 1.54) is 32.3 Å². The molecule has 0 atom stereocenters. The van der Waals surface area contributed by atoms with Gasteiger partial charge in [0.1, 0.15) is 5.78 Å². The molecule has 0 aromatic carbocycles. The monoisotopic (exact) mass is 434 g/mol. The SMILES string of the molecule is C=C/C=c1c(=C(\CCCC)CCCCC(C)=O)/[nH]c(=C(\CCC)CCCC#N)/c/1=C/C=C. The Kier molecular flexibility index (Phi) is 13.8. The first-order valence-corrected chi connectivity index (χ1v) is 12.3. The van der Waals surface area contributed by atoms with E-state index < -0.39 is 0 Å². The van der Waals surface area contributed by atoms with Gasteiger partial charge < -0.3 is 9.78 Å². The maximum atomic E-state index is 11.4. The van der Waals surface area contributed by atoms with Crippen molar-refractivity contribution in [1.29, 1.82) is 5.26 Å². The minimum atomic E-state index is 0.266. The highest BCUT2D eigenvalue weighted by Gasteiger charge is 2.08.